The first-order valence-electron chi connectivity index (χ1n) is 7.97. The molecule has 1 aliphatic rings. The lowest BCUT2D eigenvalue weighted by Crippen LogP contribution is -2.35. The van der Waals surface area contributed by atoms with Gasteiger partial charge in [0.2, 0.25) is 5.88 Å². The molecule has 0 radical (unpaired) electrons. The van der Waals surface area contributed by atoms with Gasteiger partial charge in [0.25, 0.3) is 5.91 Å². The summed E-state index contributed by atoms with van der Waals surface area (Å²) in [6.45, 7) is 0.349. The standard InChI is InChI=1S/C17H16ClF3N2O3/c1-10(14-3-2-6-25-14)23(12-4-5-12)16(24)11-7-13(18)15(22-8-11)26-9-17(19,20)21/h2-3,6-8,10,12H,4-5,9H2,1H3. The van der Waals surface area contributed by atoms with E-state index in [4.69, 9.17) is 16.0 Å². The highest BCUT2D eigenvalue weighted by molar-refractivity contribution is 6.32. The van der Waals surface area contributed by atoms with Gasteiger partial charge in [0.15, 0.2) is 6.61 Å². The summed E-state index contributed by atoms with van der Waals surface area (Å²) in [5.41, 5.74) is 0.180. The third-order valence-electron chi connectivity index (χ3n) is 3.97. The van der Waals surface area contributed by atoms with Gasteiger partial charge in [0.05, 0.1) is 17.9 Å². The molecule has 3 rings (SSSR count). The maximum atomic E-state index is 12.9. The van der Waals surface area contributed by atoms with Gasteiger partial charge in [-0.15, -0.1) is 0 Å². The molecule has 0 bridgehead atoms. The zero-order valence-corrected chi connectivity index (χ0v) is 14.5. The van der Waals surface area contributed by atoms with Crippen LogP contribution in [0, 0.1) is 0 Å². The third-order valence-corrected chi connectivity index (χ3v) is 4.24. The Balaban J connectivity index is 1.78. The molecule has 1 saturated carbocycles. The summed E-state index contributed by atoms with van der Waals surface area (Å²) in [5, 5.41) is -0.151. The predicted octanol–water partition coefficient (Wildman–Crippen LogP) is 4.63. The van der Waals surface area contributed by atoms with Gasteiger partial charge in [-0.25, -0.2) is 4.98 Å². The molecular weight excluding hydrogens is 373 g/mol. The molecule has 1 aliphatic carbocycles. The first-order chi connectivity index (χ1) is 12.3. The molecule has 2 aromatic heterocycles. The normalized spacial score (nSPS) is 15.6. The highest BCUT2D eigenvalue weighted by Crippen LogP contribution is 2.36. The SMILES string of the molecule is CC(c1ccco1)N(C(=O)c1cnc(OCC(F)(F)F)c(Cl)c1)C1CC1. The largest absolute Gasteiger partial charge is 0.467 e. The average Bonchev–Trinajstić information content (AvgIpc) is 3.24. The van der Waals surface area contributed by atoms with Crippen molar-refractivity contribution in [2.45, 2.75) is 38.0 Å². The van der Waals surface area contributed by atoms with E-state index in [9.17, 15) is 18.0 Å². The van der Waals surface area contributed by atoms with Crippen molar-refractivity contribution in [3.63, 3.8) is 0 Å². The molecule has 1 unspecified atom stereocenters. The van der Waals surface area contributed by atoms with Crippen molar-refractivity contribution < 1.29 is 27.1 Å². The van der Waals surface area contributed by atoms with Crippen molar-refractivity contribution in [3.8, 4) is 5.88 Å². The van der Waals surface area contributed by atoms with Crippen LogP contribution in [0.4, 0.5) is 13.2 Å². The third kappa shape index (κ3) is 4.30. The molecule has 1 fully saturated rings. The lowest BCUT2D eigenvalue weighted by Gasteiger charge is -2.28. The number of hydrogen-bond acceptors (Lipinski definition) is 4. The van der Waals surface area contributed by atoms with Crippen LogP contribution in [0.1, 0.15) is 41.9 Å². The fourth-order valence-corrected chi connectivity index (χ4v) is 2.85. The smallest absolute Gasteiger partial charge is 0.422 e. The Hall–Kier alpha value is -2.22. The highest BCUT2D eigenvalue weighted by atomic mass is 35.5. The van der Waals surface area contributed by atoms with Crippen molar-refractivity contribution >= 4 is 17.5 Å². The molecule has 140 valence electrons. The second kappa shape index (κ2) is 7.19. The van der Waals surface area contributed by atoms with Crippen LogP contribution in [0.15, 0.2) is 35.1 Å². The second-order valence-corrected chi connectivity index (χ2v) is 6.46. The van der Waals surface area contributed by atoms with Gasteiger partial charge < -0.3 is 14.1 Å². The average molecular weight is 389 g/mol. The van der Waals surface area contributed by atoms with Crippen LogP contribution in [0.5, 0.6) is 5.88 Å². The van der Waals surface area contributed by atoms with Gasteiger partial charge in [-0.05, 0) is 38.0 Å². The molecule has 1 amide bonds. The molecule has 0 aromatic carbocycles. The van der Waals surface area contributed by atoms with Gasteiger partial charge in [0.1, 0.15) is 10.8 Å². The van der Waals surface area contributed by atoms with E-state index < -0.39 is 12.8 Å². The number of carbonyl (C=O) groups is 1. The van der Waals surface area contributed by atoms with Gasteiger partial charge in [0, 0.05) is 12.2 Å². The summed E-state index contributed by atoms with van der Waals surface area (Å²) in [7, 11) is 0. The van der Waals surface area contributed by atoms with Gasteiger partial charge in [-0.1, -0.05) is 11.6 Å². The number of nitrogens with zero attached hydrogens (tertiary/aromatic N) is 2. The minimum atomic E-state index is -4.50. The fourth-order valence-electron chi connectivity index (χ4n) is 2.62. The van der Waals surface area contributed by atoms with Gasteiger partial charge >= 0.3 is 6.18 Å². The van der Waals surface area contributed by atoms with E-state index in [1.807, 2.05) is 6.92 Å². The van der Waals surface area contributed by atoms with Crippen LogP contribution in [-0.4, -0.2) is 34.6 Å². The number of amides is 1. The maximum Gasteiger partial charge on any atom is 0.422 e. The van der Waals surface area contributed by atoms with Crippen LogP contribution in [0.2, 0.25) is 5.02 Å². The topological polar surface area (TPSA) is 55.6 Å². The molecule has 2 aromatic rings. The Bertz CT molecular complexity index is 776. The summed E-state index contributed by atoms with van der Waals surface area (Å²) >= 11 is 5.94. The van der Waals surface area contributed by atoms with Gasteiger partial charge in [-0.2, -0.15) is 13.2 Å². The summed E-state index contributed by atoms with van der Waals surface area (Å²) in [6.07, 6.45) is -0.0348. The lowest BCUT2D eigenvalue weighted by atomic mass is 10.1. The molecule has 0 saturated heterocycles. The maximum absolute atomic E-state index is 12.9. The minimum Gasteiger partial charge on any atom is -0.467 e. The predicted molar refractivity (Wildman–Crippen MR) is 87.1 cm³/mol. The number of alkyl halides is 3. The highest BCUT2D eigenvalue weighted by Gasteiger charge is 2.38. The van der Waals surface area contributed by atoms with Crippen molar-refractivity contribution in [1.82, 2.24) is 9.88 Å². The quantitative estimate of drug-likeness (QED) is 0.723. The van der Waals surface area contributed by atoms with Crippen LogP contribution in [0.25, 0.3) is 0 Å². The van der Waals surface area contributed by atoms with E-state index in [0.717, 1.165) is 12.8 Å². The monoisotopic (exact) mass is 388 g/mol. The van der Waals surface area contributed by atoms with E-state index in [1.165, 1.54) is 18.5 Å². The lowest BCUT2D eigenvalue weighted by molar-refractivity contribution is -0.154. The number of ether oxygens (including phenoxy) is 1. The summed E-state index contributed by atoms with van der Waals surface area (Å²) < 4.78 is 46.7. The van der Waals surface area contributed by atoms with Crippen molar-refractivity contribution in [3.05, 3.63) is 47.0 Å². The van der Waals surface area contributed by atoms with Crippen LogP contribution in [-0.2, 0) is 0 Å². The van der Waals surface area contributed by atoms with Crippen molar-refractivity contribution in [1.29, 1.82) is 0 Å². The first-order valence-corrected chi connectivity index (χ1v) is 8.35. The Morgan fingerprint density at radius 2 is 2.23 bits per heavy atom. The number of furan rings is 1. The Morgan fingerprint density at radius 1 is 1.50 bits per heavy atom. The fraction of sp³-hybridized carbons (Fsp3) is 0.412. The van der Waals surface area contributed by atoms with E-state index in [-0.39, 0.29) is 34.5 Å². The van der Waals surface area contributed by atoms with Crippen molar-refractivity contribution in [2.75, 3.05) is 6.61 Å². The second-order valence-electron chi connectivity index (χ2n) is 6.05. The first kappa shape index (κ1) is 18.6. The molecule has 0 spiro atoms. The Morgan fingerprint density at radius 3 is 2.77 bits per heavy atom. The molecule has 26 heavy (non-hydrogen) atoms. The Labute approximate surface area is 152 Å². The van der Waals surface area contributed by atoms with Crippen molar-refractivity contribution in [2.24, 2.45) is 0 Å². The molecule has 0 N–H and O–H groups in total. The number of rotatable bonds is 6. The Kier molecular flexibility index (Phi) is 5.13. The van der Waals surface area contributed by atoms with E-state index in [1.54, 1.807) is 17.0 Å². The number of aromatic nitrogens is 1. The number of carbonyl (C=O) groups excluding carboxylic acids is 1. The molecule has 0 aliphatic heterocycles. The van der Waals surface area contributed by atoms with Crippen LogP contribution >= 0.6 is 11.6 Å². The van der Waals surface area contributed by atoms with E-state index >= 15 is 0 Å². The van der Waals surface area contributed by atoms with E-state index in [2.05, 4.69) is 9.72 Å². The number of pyridine rings is 1. The summed E-state index contributed by atoms with van der Waals surface area (Å²) in [6, 6.07) is 4.60. The number of halogens is 4. The zero-order valence-electron chi connectivity index (χ0n) is 13.8. The number of hydrogen-bond donors (Lipinski definition) is 0. The van der Waals surface area contributed by atoms with E-state index in [0.29, 0.717) is 5.76 Å². The molecule has 5 nitrogen and oxygen atoms in total. The van der Waals surface area contributed by atoms with Crippen LogP contribution in [0.3, 0.4) is 0 Å². The summed E-state index contributed by atoms with van der Waals surface area (Å²) in [5.74, 6) is -0.0276. The molecule has 2 heterocycles. The minimum absolute atomic E-state index is 0.0857. The van der Waals surface area contributed by atoms with Crippen LogP contribution < -0.4 is 4.74 Å². The molecule has 9 heteroatoms. The van der Waals surface area contributed by atoms with Gasteiger partial charge in [-0.3, -0.25) is 4.79 Å². The molecule has 1 atom stereocenters. The molecular formula is C17H16ClF3N2O3. The summed E-state index contributed by atoms with van der Waals surface area (Å²) in [4.78, 5) is 18.4. The zero-order chi connectivity index (χ0) is 18.9.